The van der Waals surface area contributed by atoms with E-state index in [4.69, 9.17) is 19.3 Å². The summed E-state index contributed by atoms with van der Waals surface area (Å²) < 4.78 is 15.1. The van der Waals surface area contributed by atoms with Crippen LogP contribution in [-0.2, 0) is 4.79 Å². The summed E-state index contributed by atoms with van der Waals surface area (Å²) >= 11 is 0. The van der Waals surface area contributed by atoms with E-state index < -0.39 is 5.97 Å². The van der Waals surface area contributed by atoms with Gasteiger partial charge in [0.25, 0.3) is 0 Å². The lowest BCUT2D eigenvalue weighted by Crippen LogP contribution is -2.01. The Morgan fingerprint density at radius 1 is 0.812 bits per heavy atom. The minimum absolute atomic E-state index is 0.0711. The second-order valence-corrected chi connectivity index (χ2v) is 6.36. The van der Waals surface area contributed by atoms with Gasteiger partial charge in [-0.3, -0.25) is 4.79 Å². The van der Waals surface area contributed by atoms with Crippen molar-refractivity contribution < 1.29 is 34.0 Å². The third-order valence-electron chi connectivity index (χ3n) is 4.31. The fourth-order valence-corrected chi connectivity index (χ4v) is 2.70. The number of carbonyl (C=O) groups is 2. The number of carbonyl (C=O) groups excluding carboxylic acids is 1. The van der Waals surface area contributed by atoms with Crippen molar-refractivity contribution in [1.29, 1.82) is 0 Å². The van der Waals surface area contributed by atoms with Gasteiger partial charge in [-0.2, -0.15) is 0 Å². The summed E-state index contributed by atoms with van der Waals surface area (Å²) in [5.41, 5.74) is 1.57. The van der Waals surface area contributed by atoms with Crippen molar-refractivity contribution in [3.05, 3.63) is 89.5 Å². The van der Waals surface area contributed by atoms with E-state index >= 15 is 0 Å². The van der Waals surface area contributed by atoms with E-state index in [9.17, 15) is 14.7 Å². The highest BCUT2D eigenvalue weighted by Crippen LogP contribution is 2.28. The van der Waals surface area contributed by atoms with Crippen LogP contribution in [0.25, 0.3) is 6.08 Å². The number of phenols is 1. The molecule has 0 amide bonds. The van der Waals surface area contributed by atoms with Gasteiger partial charge < -0.3 is 24.4 Å². The second-order valence-electron chi connectivity index (χ2n) is 6.36. The number of phenolic OH excluding ortho intramolecular Hbond substituents is 1. The molecular weight excluding hydrogens is 412 g/mol. The van der Waals surface area contributed by atoms with Gasteiger partial charge >= 0.3 is 5.97 Å². The molecule has 7 nitrogen and oxygen atoms in total. The van der Waals surface area contributed by atoms with Crippen molar-refractivity contribution in [2.24, 2.45) is 0 Å². The summed E-state index contributed by atoms with van der Waals surface area (Å²) in [5.74, 6) is 0.455. The van der Waals surface area contributed by atoms with E-state index in [2.05, 4.69) is 0 Å². The number of hydrogen-bond donors (Lipinski definition) is 2. The Balaban J connectivity index is 0.000000229. The van der Waals surface area contributed by atoms with Gasteiger partial charge in [-0.25, -0.2) is 4.79 Å². The largest absolute Gasteiger partial charge is 0.507 e. The van der Waals surface area contributed by atoms with E-state index in [1.165, 1.54) is 26.4 Å². The van der Waals surface area contributed by atoms with Crippen LogP contribution in [0.4, 0.5) is 0 Å². The molecule has 0 aliphatic carbocycles. The summed E-state index contributed by atoms with van der Waals surface area (Å²) in [5, 5.41) is 18.2. The molecule has 0 saturated heterocycles. The lowest BCUT2D eigenvalue weighted by molar-refractivity contribution is -0.131. The van der Waals surface area contributed by atoms with Crippen LogP contribution in [0.2, 0.25) is 0 Å². The number of benzene rings is 3. The van der Waals surface area contributed by atoms with Gasteiger partial charge in [-0.15, -0.1) is 0 Å². The Morgan fingerprint density at radius 2 is 1.50 bits per heavy atom. The van der Waals surface area contributed by atoms with E-state index in [0.29, 0.717) is 22.8 Å². The quantitative estimate of drug-likeness (QED) is 0.417. The van der Waals surface area contributed by atoms with Crippen LogP contribution in [0, 0.1) is 0 Å². The molecule has 0 fully saturated rings. The van der Waals surface area contributed by atoms with Gasteiger partial charge in [-0.1, -0.05) is 36.4 Å². The van der Waals surface area contributed by atoms with Crippen molar-refractivity contribution in [3.63, 3.8) is 0 Å². The molecular formula is C25H24O7. The zero-order chi connectivity index (χ0) is 23.5. The van der Waals surface area contributed by atoms with Crippen molar-refractivity contribution in [2.45, 2.75) is 0 Å². The molecule has 0 radical (unpaired) electrons. The Hall–Kier alpha value is -4.26. The van der Waals surface area contributed by atoms with Crippen LogP contribution in [0.1, 0.15) is 21.5 Å². The number of aliphatic carboxylic acids is 1. The fraction of sp³-hybridized carbons (Fsp3) is 0.120. The third kappa shape index (κ3) is 6.63. The maximum atomic E-state index is 12.1. The average Bonchev–Trinajstić information content (AvgIpc) is 2.82. The zero-order valence-electron chi connectivity index (χ0n) is 17.9. The van der Waals surface area contributed by atoms with Gasteiger partial charge in [0.1, 0.15) is 11.5 Å². The first kappa shape index (κ1) is 24.0. The van der Waals surface area contributed by atoms with Gasteiger partial charge in [0.15, 0.2) is 17.3 Å². The van der Waals surface area contributed by atoms with E-state index in [1.807, 2.05) is 6.07 Å². The summed E-state index contributed by atoms with van der Waals surface area (Å²) in [7, 11) is 4.58. The normalized spacial score (nSPS) is 10.1. The van der Waals surface area contributed by atoms with Crippen molar-refractivity contribution in [3.8, 4) is 23.0 Å². The lowest BCUT2D eigenvalue weighted by Gasteiger charge is -2.07. The molecule has 0 heterocycles. The Kier molecular flexibility index (Phi) is 8.86. The Morgan fingerprint density at radius 3 is 2.06 bits per heavy atom. The highest BCUT2D eigenvalue weighted by Gasteiger charge is 2.13. The molecule has 166 valence electrons. The van der Waals surface area contributed by atoms with Crippen LogP contribution in [0.5, 0.6) is 23.0 Å². The molecule has 3 aromatic carbocycles. The van der Waals surface area contributed by atoms with Crippen molar-refractivity contribution in [2.75, 3.05) is 21.3 Å². The van der Waals surface area contributed by atoms with E-state index in [1.54, 1.807) is 61.7 Å². The number of carboxylic acid groups (broad SMARTS) is 1. The maximum Gasteiger partial charge on any atom is 0.328 e. The third-order valence-corrected chi connectivity index (χ3v) is 4.31. The molecule has 0 spiro atoms. The first-order chi connectivity index (χ1) is 15.4. The zero-order valence-corrected chi connectivity index (χ0v) is 17.9. The average molecular weight is 436 g/mol. The molecule has 0 saturated carbocycles. The Labute approximate surface area is 186 Å². The van der Waals surface area contributed by atoms with E-state index in [-0.39, 0.29) is 17.1 Å². The van der Waals surface area contributed by atoms with Gasteiger partial charge in [-0.05, 0) is 35.9 Å². The number of hydrogen-bond acceptors (Lipinski definition) is 6. The Bertz CT molecular complexity index is 1090. The summed E-state index contributed by atoms with van der Waals surface area (Å²) in [6.07, 6.45) is 2.56. The second kappa shape index (κ2) is 11.8. The monoisotopic (exact) mass is 436 g/mol. The van der Waals surface area contributed by atoms with Gasteiger partial charge in [0, 0.05) is 17.7 Å². The van der Waals surface area contributed by atoms with Crippen LogP contribution in [-0.4, -0.2) is 43.3 Å². The predicted octanol–water partition coefficient (Wildman–Crippen LogP) is 4.43. The summed E-state index contributed by atoms with van der Waals surface area (Å²) in [4.78, 5) is 22.4. The molecule has 3 rings (SSSR count). The lowest BCUT2D eigenvalue weighted by atomic mass is 10.0. The number of rotatable bonds is 7. The molecule has 0 aliphatic heterocycles. The van der Waals surface area contributed by atoms with E-state index in [0.717, 1.165) is 11.6 Å². The minimum Gasteiger partial charge on any atom is -0.507 e. The number of ketones is 1. The number of ether oxygens (including phenoxy) is 3. The molecule has 3 aromatic rings. The number of aromatic hydroxyl groups is 1. The number of methoxy groups -OCH3 is 3. The van der Waals surface area contributed by atoms with Crippen LogP contribution in [0.3, 0.4) is 0 Å². The van der Waals surface area contributed by atoms with Crippen LogP contribution in [0.15, 0.2) is 72.8 Å². The SMILES string of the molecule is COc1ccc(C(=O)c2ccccc2)c(O)c1.COc1ccc(C=CC(=O)O)cc1OC. The molecule has 7 heteroatoms. The minimum atomic E-state index is -0.982. The first-order valence-corrected chi connectivity index (χ1v) is 9.49. The number of carboxylic acids is 1. The first-order valence-electron chi connectivity index (χ1n) is 9.49. The van der Waals surface area contributed by atoms with Crippen molar-refractivity contribution in [1.82, 2.24) is 0 Å². The molecule has 0 aliphatic rings. The molecule has 0 atom stereocenters. The van der Waals surface area contributed by atoms with Gasteiger partial charge in [0.2, 0.25) is 0 Å². The molecule has 32 heavy (non-hydrogen) atoms. The maximum absolute atomic E-state index is 12.1. The predicted molar refractivity (Wildman–Crippen MR) is 121 cm³/mol. The smallest absolute Gasteiger partial charge is 0.328 e. The highest BCUT2D eigenvalue weighted by atomic mass is 16.5. The standard InChI is InChI=1S/C14H12O3.C11H12O4/c1-17-11-7-8-12(13(15)9-11)14(16)10-5-3-2-4-6-10;1-14-9-5-3-8(4-6-11(12)13)7-10(9)15-2/h2-9,15H,1H3;3-7H,1-2H3,(H,12,13). The van der Waals surface area contributed by atoms with Crippen LogP contribution < -0.4 is 14.2 Å². The molecule has 0 unspecified atom stereocenters. The topological polar surface area (TPSA) is 102 Å². The molecule has 0 bridgehead atoms. The van der Waals surface area contributed by atoms with Gasteiger partial charge in [0.05, 0.1) is 26.9 Å². The summed E-state index contributed by atoms with van der Waals surface area (Å²) in [6.45, 7) is 0. The highest BCUT2D eigenvalue weighted by molar-refractivity contribution is 6.10. The molecule has 0 aromatic heterocycles. The molecule has 2 N–H and O–H groups in total. The fourth-order valence-electron chi connectivity index (χ4n) is 2.70. The van der Waals surface area contributed by atoms with Crippen molar-refractivity contribution >= 4 is 17.8 Å². The van der Waals surface area contributed by atoms with Crippen LogP contribution >= 0.6 is 0 Å². The summed E-state index contributed by atoms with van der Waals surface area (Å²) in [6, 6.07) is 18.7.